The minimum atomic E-state index is -3.53. The van der Waals surface area contributed by atoms with E-state index in [2.05, 4.69) is 14.5 Å². The van der Waals surface area contributed by atoms with Gasteiger partial charge in [-0.05, 0) is 48.5 Å². The average Bonchev–Trinajstić information content (AvgIpc) is 3.22. The lowest BCUT2D eigenvalue weighted by Crippen LogP contribution is -2.48. The summed E-state index contributed by atoms with van der Waals surface area (Å²) in [6, 6.07) is 20.4. The van der Waals surface area contributed by atoms with Gasteiger partial charge in [0.25, 0.3) is 0 Å². The molecule has 0 saturated carbocycles. The zero-order valence-electron chi connectivity index (χ0n) is 18.3. The molecule has 2 aromatic carbocycles. The first-order chi connectivity index (χ1) is 16.1. The molecule has 1 fully saturated rings. The third-order valence-electron chi connectivity index (χ3n) is 5.89. The third kappa shape index (κ3) is 4.22. The van der Waals surface area contributed by atoms with Crippen LogP contribution in [0, 0.1) is 0 Å². The van der Waals surface area contributed by atoms with Crippen LogP contribution in [0.5, 0.6) is 5.75 Å². The Hall–Kier alpha value is -3.27. The Morgan fingerprint density at radius 1 is 0.909 bits per heavy atom. The van der Waals surface area contributed by atoms with Gasteiger partial charge in [0.1, 0.15) is 17.1 Å². The Kier molecular flexibility index (Phi) is 5.84. The number of hydrogen-bond donors (Lipinski definition) is 0. The standard InChI is InChI=1S/C24H25N5O3S/c1-32-20-9-11-21(12-10-20)33(30,31)28-16-14-27(15-17-28)18-23-26-22-8-5-13-25-24(22)29(23)19-6-3-2-4-7-19/h2-13H,14-18H2,1H3. The van der Waals surface area contributed by atoms with Crippen LogP contribution >= 0.6 is 0 Å². The highest BCUT2D eigenvalue weighted by Crippen LogP contribution is 2.23. The fraction of sp³-hybridized carbons (Fsp3) is 0.250. The lowest BCUT2D eigenvalue weighted by molar-refractivity contribution is 0.177. The smallest absolute Gasteiger partial charge is 0.243 e. The molecule has 0 spiro atoms. The number of piperazine rings is 1. The maximum absolute atomic E-state index is 13.1. The summed E-state index contributed by atoms with van der Waals surface area (Å²) >= 11 is 0. The topological polar surface area (TPSA) is 80.6 Å². The van der Waals surface area contributed by atoms with Gasteiger partial charge < -0.3 is 4.74 Å². The number of fused-ring (bicyclic) bond motifs is 1. The molecular formula is C24H25N5O3S. The maximum Gasteiger partial charge on any atom is 0.243 e. The van der Waals surface area contributed by atoms with E-state index in [1.54, 1.807) is 41.9 Å². The van der Waals surface area contributed by atoms with Crippen molar-refractivity contribution in [3.63, 3.8) is 0 Å². The average molecular weight is 464 g/mol. The first kappa shape index (κ1) is 21.6. The van der Waals surface area contributed by atoms with Gasteiger partial charge in [-0.1, -0.05) is 18.2 Å². The van der Waals surface area contributed by atoms with Crippen LogP contribution in [-0.4, -0.2) is 65.4 Å². The summed E-state index contributed by atoms with van der Waals surface area (Å²) in [7, 11) is -1.97. The van der Waals surface area contributed by atoms with E-state index in [1.165, 1.54) is 0 Å². The molecule has 1 aliphatic heterocycles. The molecule has 5 rings (SSSR count). The Balaban J connectivity index is 1.34. The van der Waals surface area contributed by atoms with E-state index in [0.29, 0.717) is 38.5 Å². The van der Waals surface area contributed by atoms with Gasteiger partial charge in [-0.2, -0.15) is 4.31 Å². The number of imidazole rings is 1. The van der Waals surface area contributed by atoms with E-state index in [-0.39, 0.29) is 4.90 Å². The van der Waals surface area contributed by atoms with Crippen molar-refractivity contribution in [3.8, 4) is 11.4 Å². The molecule has 0 N–H and O–H groups in total. The van der Waals surface area contributed by atoms with Gasteiger partial charge in [-0.15, -0.1) is 0 Å². The normalized spacial score (nSPS) is 15.7. The molecule has 0 bridgehead atoms. The fourth-order valence-corrected chi connectivity index (χ4v) is 5.56. The summed E-state index contributed by atoms with van der Waals surface area (Å²) in [5.74, 6) is 1.52. The maximum atomic E-state index is 13.1. The van der Waals surface area contributed by atoms with Gasteiger partial charge in [0.15, 0.2) is 5.65 Å². The second-order valence-electron chi connectivity index (χ2n) is 7.90. The first-order valence-electron chi connectivity index (χ1n) is 10.8. The van der Waals surface area contributed by atoms with Crippen molar-refractivity contribution in [2.75, 3.05) is 33.3 Å². The number of pyridine rings is 1. The van der Waals surface area contributed by atoms with Crippen LogP contribution < -0.4 is 4.74 Å². The van der Waals surface area contributed by atoms with Crippen molar-refractivity contribution in [1.82, 2.24) is 23.7 Å². The van der Waals surface area contributed by atoms with Crippen LogP contribution in [-0.2, 0) is 16.6 Å². The van der Waals surface area contributed by atoms with Crippen molar-refractivity contribution < 1.29 is 13.2 Å². The number of sulfonamides is 1. The molecule has 8 nitrogen and oxygen atoms in total. The molecule has 9 heteroatoms. The molecule has 1 aliphatic rings. The number of para-hydroxylation sites is 1. The van der Waals surface area contributed by atoms with E-state index in [1.807, 2.05) is 42.5 Å². The van der Waals surface area contributed by atoms with Gasteiger partial charge in [0.2, 0.25) is 10.0 Å². The van der Waals surface area contributed by atoms with Crippen LogP contribution in [0.25, 0.3) is 16.9 Å². The molecule has 0 atom stereocenters. The van der Waals surface area contributed by atoms with E-state index < -0.39 is 10.0 Å². The molecule has 3 heterocycles. The van der Waals surface area contributed by atoms with Gasteiger partial charge in [0.05, 0.1) is 18.6 Å². The molecular weight excluding hydrogens is 438 g/mol. The third-order valence-corrected chi connectivity index (χ3v) is 7.81. The van der Waals surface area contributed by atoms with Crippen molar-refractivity contribution >= 4 is 21.2 Å². The summed E-state index contributed by atoms with van der Waals surface area (Å²) < 4.78 is 34.9. The van der Waals surface area contributed by atoms with Crippen LogP contribution in [0.2, 0.25) is 0 Å². The molecule has 0 unspecified atom stereocenters. The number of hydrogen-bond acceptors (Lipinski definition) is 6. The molecule has 170 valence electrons. The zero-order chi connectivity index (χ0) is 22.8. The largest absolute Gasteiger partial charge is 0.497 e. The lowest BCUT2D eigenvalue weighted by Gasteiger charge is -2.33. The quantitative estimate of drug-likeness (QED) is 0.437. The minimum absolute atomic E-state index is 0.286. The van der Waals surface area contributed by atoms with Gasteiger partial charge in [-0.3, -0.25) is 9.47 Å². The SMILES string of the molecule is COc1ccc(S(=O)(=O)N2CCN(Cc3nc4cccnc4n3-c3ccccc3)CC2)cc1. The number of ether oxygens (including phenoxy) is 1. The van der Waals surface area contributed by atoms with Crippen molar-refractivity contribution in [2.45, 2.75) is 11.4 Å². The molecule has 0 amide bonds. The van der Waals surface area contributed by atoms with E-state index >= 15 is 0 Å². The Bertz CT molecular complexity index is 1350. The summed E-state index contributed by atoms with van der Waals surface area (Å²) in [5.41, 5.74) is 2.67. The summed E-state index contributed by atoms with van der Waals surface area (Å²) in [4.78, 5) is 11.9. The number of nitrogens with zero attached hydrogens (tertiary/aromatic N) is 5. The monoisotopic (exact) mass is 463 g/mol. The predicted octanol–water partition coefficient (Wildman–Crippen LogP) is 2.94. The van der Waals surface area contributed by atoms with Gasteiger partial charge >= 0.3 is 0 Å². The van der Waals surface area contributed by atoms with Gasteiger partial charge in [-0.25, -0.2) is 18.4 Å². The Labute approximate surface area is 193 Å². The van der Waals surface area contributed by atoms with Crippen LogP contribution in [0.3, 0.4) is 0 Å². The van der Waals surface area contributed by atoms with Crippen molar-refractivity contribution in [1.29, 1.82) is 0 Å². The lowest BCUT2D eigenvalue weighted by atomic mass is 10.3. The molecule has 4 aromatic rings. The summed E-state index contributed by atoms with van der Waals surface area (Å²) in [5, 5.41) is 0. The first-order valence-corrected chi connectivity index (χ1v) is 12.2. The highest BCUT2D eigenvalue weighted by molar-refractivity contribution is 7.89. The molecule has 33 heavy (non-hydrogen) atoms. The predicted molar refractivity (Wildman–Crippen MR) is 126 cm³/mol. The minimum Gasteiger partial charge on any atom is -0.497 e. The molecule has 0 aliphatic carbocycles. The second-order valence-corrected chi connectivity index (χ2v) is 9.84. The zero-order valence-corrected chi connectivity index (χ0v) is 19.1. The van der Waals surface area contributed by atoms with Crippen molar-refractivity contribution in [3.05, 3.63) is 78.8 Å². The van der Waals surface area contributed by atoms with Crippen LogP contribution in [0.15, 0.2) is 77.8 Å². The van der Waals surface area contributed by atoms with Gasteiger partial charge in [0, 0.05) is 38.1 Å². The molecule has 0 radical (unpaired) electrons. The Morgan fingerprint density at radius 2 is 1.64 bits per heavy atom. The molecule has 2 aromatic heterocycles. The molecule has 1 saturated heterocycles. The fourth-order valence-electron chi connectivity index (χ4n) is 4.14. The van der Waals surface area contributed by atoms with E-state index in [9.17, 15) is 8.42 Å². The van der Waals surface area contributed by atoms with Crippen LogP contribution in [0.4, 0.5) is 0 Å². The number of methoxy groups -OCH3 is 1. The number of rotatable bonds is 6. The highest BCUT2D eigenvalue weighted by Gasteiger charge is 2.29. The number of benzene rings is 2. The summed E-state index contributed by atoms with van der Waals surface area (Å²) in [6.45, 7) is 2.72. The van der Waals surface area contributed by atoms with E-state index in [4.69, 9.17) is 9.72 Å². The highest BCUT2D eigenvalue weighted by atomic mass is 32.2. The second kappa shape index (κ2) is 8.93. The van der Waals surface area contributed by atoms with Crippen molar-refractivity contribution in [2.24, 2.45) is 0 Å². The van der Waals surface area contributed by atoms with E-state index in [0.717, 1.165) is 22.7 Å². The van der Waals surface area contributed by atoms with Crippen LogP contribution in [0.1, 0.15) is 5.82 Å². The Morgan fingerprint density at radius 3 is 2.33 bits per heavy atom. The number of aromatic nitrogens is 3. The summed E-state index contributed by atoms with van der Waals surface area (Å²) in [6.07, 6.45) is 1.77.